The summed E-state index contributed by atoms with van der Waals surface area (Å²) in [6.45, 7) is 0.760. The van der Waals surface area contributed by atoms with E-state index < -0.39 is 6.10 Å². The second-order valence-corrected chi connectivity index (χ2v) is 9.66. The molecule has 1 atom stereocenters. The van der Waals surface area contributed by atoms with E-state index in [2.05, 4.69) is 99.8 Å². The van der Waals surface area contributed by atoms with Crippen LogP contribution in [0, 0.1) is 0 Å². The van der Waals surface area contributed by atoms with Gasteiger partial charge in [0.1, 0.15) is 5.52 Å². The largest absolute Gasteiger partial charge is 0.389 e. The first-order valence-electron chi connectivity index (χ1n) is 12.9. The van der Waals surface area contributed by atoms with E-state index in [-0.39, 0.29) is 0 Å². The molecule has 5 nitrogen and oxygen atoms in total. The van der Waals surface area contributed by atoms with Gasteiger partial charge in [-0.15, -0.1) is 5.10 Å². The van der Waals surface area contributed by atoms with Crippen molar-refractivity contribution in [2.24, 2.45) is 0 Å². The van der Waals surface area contributed by atoms with Crippen LogP contribution < -0.4 is 0 Å². The summed E-state index contributed by atoms with van der Waals surface area (Å²) in [5, 5.41) is 23.6. The standard InChI is InChI=1S/C33H26N4O/c38-26(22-37-30-18-10-9-17-29(30)34-35-37)21-36-32(25-14-5-2-6-15-25)31(24-12-3-1-4-13-24)28-20-19-23-11-7-8-16-27(23)33(28)36/h1-20,26,38H,21-22H2/t26-/m1/s1. The third kappa shape index (κ3) is 3.76. The van der Waals surface area contributed by atoms with Gasteiger partial charge in [-0.1, -0.05) is 114 Å². The monoisotopic (exact) mass is 494 g/mol. The Morgan fingerprint density at radius 2 is 1.32 bits per heavy atom. The quantitative estimate of drug-likeness (QED) is 0.273. The van der Waals surface area contributed by atoms with E-state index >= 15 is 0 Å². The normalized spacial score (nSPS) is 12.4. The van der Waals surface area contributed by atoms with Gasteiger partial charge in [0.25, 0.3) is 0 Å². The predicted octanol–water partition coefficient (Wildman–Crippen LogP) is 6.93. The van der Waals surface area contributed by atoms with Crippen molar-refractivity contribution < 1.29 is 5.11 Å². The molecule has 7 rings (SSSR count). The van der Waals surface area contributed by atoms with Gasteiger partial charge in [-0.25, -0.2) is 4.68 Å². The van der Waals surface area contributed by atoms with Crippen molar-refractivity contribution >= 4 is 32.7 Å². The van der Waals surface area contributed by atoms with Crippen molar-refractivity contribution in [3.8, 4) is 22.4 Å². The molecule has 0 fully saturated rings. The van der Waals surface area contributed by atoms with Gasteiger partial charge in [0.15, 0.2) is 0 Å². The number of aliphatic hydroxyl groups is 1. The third-order valence-electron chi connectivity index (χ3n) is 7.25. The summed E-state index contributed by atoms with van der Waals surface area (Å²) in [5.41, 5.74) is 7.42. The molecular formula is C33H26N4O. The molecular weight excluding hydrogens is 468 g/mol. The Morgan fingerprint density at radius 3 is 2.13 bits per heavy atom. The fourth-order valence-corrected chi connectivity index (χ4v) is 5.62. The second kappa shape index (κ2) is 9.29. The molecule has 0 bridgehead atoms. The number of benzene rings is 5. The van der Waals surface area contributed by atoms with Gasteiger partial charge in [-0.05, 0) is 28.6 Å². The Kier molecular flexibility index (Phi) is 5.49. The van der Waals surface area contributed by atoms with Gasteiger partial charge in [0.2, 0.25) is 0 Å². The Labute approximate surface area is 220 Å². The van der Waals surface area contributed by atoms with Gasteiger partial charge >= 0.3 is 0 Å². The molecule has 0 spiro atoms. The lowest BCUT2D eigenvalue weighted by Crippen LogP contribution is -2.23. The summed E-state index contributed by atoms with van der Waals surface area (Å²) in [6, 6.07) is 41.8. The molecule has 5 aromatic carbocycles. The summed E-state index contributed by atoms with van der Waals surface area (Å²) in [5.74, 6) is 0. The first-order chi connectivity index (χ1) is 18.8. The van der Waals surface area contributed by atoms with Crippen molar-refractivity contribution in [2.45, 2.75) is 19.2 Å². The van der Waals surface area contributed by atoms with E-state index in [0.717, 1.165) is 33.4 Å². The van der Waals surface area contributed by atoms with E-state index in [1.54, 1.807) is 4.68 Å². The van der Waals surface area contributed by atoms with E-state index in [9.17, 15) is 5.11 Å². The lowest BCUT2D eigenvalue weighted by molar-refractivity contribution is 0.133. The molecule has 0 radical (unpaired) electrons. The molecule has 0 aliphatic heterocycles. The molecule has 38 heavy (non-hydrogen) atoms. The Balaban J connectivity index is 1.46. The topological polar surface area (TPSA) is 55.9 Å². The predicted molar refractivity (Wildman–Crippen MR) is 154 cm³/mol. The molecule has 2 aromatic heterocycles. The van der Waals surface area contributed by atoms with Crippen LogP contribution in [0.15, 0.2) is 121 Å². The summed E-state index contributed by atoms with van der Waals surface area (Å²) in [6.07, 6.45) is -0.680. The number of aromatic nitrogens is 4. The van der Waals surface area contributed by atoms with Gasteiger partial charge in [-0.2, -0.15) is 0 Å². The van der Waals surface area contributed by atoms with E-state index in [1.165, 1.54) is 21.7 Å². The van der Waals surface area contributed by atoms with Crippen LogP contribution in [-0.4, -0.2) is 30.8 Å². The lowest BCUT2D eigenvalue weighted by atomic mass is 9.97. The molecule has 0 unspecified atom stereocenters. The molecule has 0 aliphatic carbocycles. The maximum Gasteiger partial charge on any atom is 0.113 e. The van der Waals surface area contributed by atoms with Crippen LogP contribution in [0.25, 0.3) is 55.1 Å². The minimum absolute atomic E-state index is 0.347. The molecule has 1 N–H and O–H groups in total. The molecule has 0 aliphatic rings. The van der Waals surface area contributed by atoms with Gasteiger partial charge in [0.05, 0.1) is 35.9 Å². The zero-order valence-corrected chi connectivity index (χ0v) is 20.8. The molecule has 7 aromatic rings. The molecule has 5 heteroatoms. The molecule has 0 amide bonds. The van der Waals surface area contributed by atoms with Crippen molar-refractivity contribution in [2.75, 3.05) is 0 Å². The minimum Gasteiger partial charge on any atom is -0.389 e. The number of nitrogens with zero attached hydrogens (tertiary/aromatic N) is 4. The Morgan fingerprint density at radius 1 is 0.632 bits per heavy atom. The van der Waals surface area contributed by atoms with Crippen LogP contribution in [0.5, 0.6) is 0 Å². The minimum atomic E-state index is -0.680. The summed E-state index contributed by atoms with van der Waals surface area (Å²) >= 11 is 0. The van der Waals surface area contributed by atoms with Gasteiger partial charge in [0, 0.05) is 16.3 Å². The van der Waals surface area contributed by atoms with Gasteiger partial charge < -0.3 is 9.67 Å². The Hall–Kier alpha value is -4.74. The summed E-state index contributed by atoms with van der Waals surface area (Å²) in [4.78, 5) is 0. The van der Waals surface area contributed by atoms with E-state index in [4.69, 9.17) is 0 Å². The lowest BCUT2D eigenvalue weighted by Gasteiger charge is -2.18. The third-order valence-corrected chi connectivity index (χ3v) is 7.25. The maximum atomic E-state index is 11.5. The fraction of sp³-hybridized carbons (Fsp3) is 0.0909. The van der Waals surface area contributed by atoms with Gasteiger partial charge in [-0.3, -0.25) is 0 Å². The van der Waals surface area contributed by atoms with Crippen molar-refractivity contribution in [1.82, 2.24) is 19.6 Å². The summed E-state index contributed by atoms with van der Waals surface area (Å²) < 4.78 is 4.10. The number of aliphatic hydroxyl groups excluding tert-OH is 1. The molecule has 184 valence electrons. The first kappa shape index (κ1) is 22.5. The first-order valence-corrected chi connectivity index (χ1v) is 12.9. The zero-order valence-electron chi connectivity index (χ0n) is 20.8. The second-order valence-electron chi connectivity index (χ2n) is 9.66. The van der Waals surface area contributed by atoms with Crippen LogP contribution in [0.4, 0.5) is 0 Å². The number of hydrogen-bond donors (Lipinski definition) is 1. The van der Waals surface area contributed by atoms with Crippen LogP contribution in [0.1, 0.15) is 0 Å². The highest BCUT2D eigenvalue weighted by Gasteiger charge is 2.23. The molecule has 0 saturated carbocycles. The number of para-hydroxylation sites is 1. The average molecular weight is 495 g/mol. The van der Waals surface area contributed by atoms with Crippen LogP contribution in [0.2, 0.25) is 0 Å². The van der Waals surface area contributed by atoms with E-state index in [1.807, 2.05) is 36.4 Å². The Bertz CT molecular complexity index is 1890. The number of hydrogen-bond acceptors (Lipinski definition) is 3. The van der Waals surface area contributed by atoms with Crippen LogP contribution in [-0.2, 0) is 13.1 Å². The fourth-order valence-electron chi connectivity index (χ4n) is 5.62. The van der Waals surface area contributed by atoms with Crippen molar-refractivity contribution in [1.29, 1.82) is 0 Å². The smallest absolute Gasteiger partial charge is 0.113 e. The van der Waals surface area contributed by atoms with E-state index in [0.29, 0.717) is 13.1 Å². The molecule has 0 saturated heterocycles. The van der Waals surface area contributed by atoms with Crippen LogP contribution >= 0.6 is 0 Å². The highest BCUT2D eigenvalue weighted by atomic mass is 16.3. The maximum absolute atomic E-state index is 11.5. The zero-order chi connectivity index (χ0) is 25.5. The average Bonchev–Trinajstić information content (AvgIpc) is 3.53. The van der Waals surface area contributed by atoms with Crippen molar-refractivity contribution in [3.63, 3.8) is 0 Å². The summed E-state index contributed by atoms with van der Waals surface area (Å²) in [7, 11) is 0. The van der Waals surface area contributed by atoms with Crippen molar-refractivity contribution in [3.05, 3.63) is 121 Å². The number of fused-ring (bicyclic) bond motifs is 4. The van der Waals surface area contributed by atoms with Crippen LogP contribution in [0.3, 0.4) is 0 Å². The highest BCUT2D eigenvalue weighted by Crippen LogP contribution is 2.43. The SMILES string of the molecule is O[C@@H](Cn1nnc2ccccc21)Cn1c(-c2ccccc2)c(-c2ccccc2)c2ccc3ccccc3c21. The molecule has 2 heterocycles. The number of rotatable bonds is 6. The highest BCUT2D eigenvalue weighted by molar-refractivity contribution is 6.15.